The van der Waals surface area contributed by atoms with Crippen LogP contribution in [-0.2, 0) is 9.53 Å². The molecular formula is C11H13NO3S. The Bertz CT molecular complexity index is 393. The number of ether oxygens (including phenoxy) is 1. The summed E-state index contributed by atoms with van der Waals surface area (Å²) in [4.78, 5) is 11.8. The Balaban J connectivity index is 2.18. The van der Waals surface area contributed by atoms with E-state index in [0.29, 0.717) is 10.8 Å². The van der Waals surface area contributed by atoms with Gasteiger partial charge >= 0.3 is 5.97 Å². The van der Waals surface area contributed by atoms with Crippen LogP contribution in [0, 0.1) is 0 Å². The van der Waals surface area contributed by atoms with Gasteiger partial charge in [-0.2, -0.15) is 0 Å². The highest BCUT2D eigenvalue weighted by Gasteiger charge is 2.23. The fourth-order valence-electron chi connectivity index (χ4n) is 1.44. The molecule has 0 aliphatic carbocycles. The highest BCUT2D eigenvalue weighted by Crippen LogP contribution is 2.32. The van der Waals surface area contributed by atoms with E-state index < -0.39 is 12.0 Å². The second-order valence-corrected chi connectivity index (χ2v) is 4.97. The number of carboxylic acid groups (broad SMARTS) is 1. The number of carboxylic acids is 1. The molecule has 5 heteroatoms. The number of thioether (sulfide) groups is 1. The molecule has 86 valence electrons. The van der Waals surface area contributed by atoms with Gasteiger partial charge in [0.25, 0.3) is 0 Å². The van der Waals surface area contributed by atoms with Gasteiger partial charge in [0.1, 0.15) is 6.04 Å². The summed E-state index contributed by atoms with van der Waals surface area (Å²) in [7, 11) is 0. The van der Waals surface area contributed by atoms with Gasteiger partial charge in [0, 0.05) is 4.90 Å². The lowest BCUT2D eigenvalue weighted by Crippen LogP contribution is -2.30. The van der Waals surface area contributed by atoms with E-state index in [-0.39, 0.29) is 0 Å². The zero-order chi connectivity index (χ0) is 11.5. The SMILES string of the molecule is NC(C(=O)O)c1ccccc1SC1COC1. The van der Waals surface area contributed by atoms with Crippen LogP contribution in [0.15, 0.2) is 29.2 Å². The van der Waals surface area contributed by atoms with Crippen molar-refractivity contribution in [3.63, 3.8) is 0 Å². The number of carbonyl (C=O) groups is 1. The average molecular weight is 239 g/mol. The average Bonchev–Trinajstić information content (AvgIpc) is 2.23. The molecule has 1 aliphatic rings. The van der Waals surface area contributed by atoms with Gasteiger partial charge in [0.2, 0.25) is 0 Å². The molecule has 3 N–H and O–H groups in total. The first-order valence-electron chi connectivity index (χ1n) is 5.00. The van der Waals surface area contributed by atoms with E-state index in [4.69, 9.17) is 15.6 Å². The topological polar surface area (TPSA) is 72.6 Å². The van der Waals surface area contributed by atoms with Crippen LogP contribution in [0.5, 0.6) is 0 Å². The molecular weight excluding hydrogens is 226 g/mol. The molecule has 4 nitrogen and oxygen atoms in total. The summed E-state index contributed by atoms with van der Waals surface area (Å²) >= 11 is 1.63. The van der Waals surface area contributed by atoms with Gasteiger partial charge in [-0.1, -0.05) is 18.2 Å². The van der Waals surface area contributed by atoms with Crippen LogP contribution in [0.3, 0.4) is 0 Å². The van der Waals surface area contributed by atoms with Crippen molar-refractivity contribution in [3.8, 4) is 0 Å². The summed E-state index contributed by atoms with van der Waals surface area (Å²) in [6, 6.07) is 6.41. The summed E-state index contributed by atoms with van der Waals surface area (Å²) in [5.74, 6) is -1.00. The van der Waals surface area contributed by atoms with Gasteiger partial charge < -0.3 is 15.6 Å². The lowest BCUT2D eigenvalue weighted by molar-refractivity contribution is -0.138. The lowest BCUT2D eigenvalue weighted by Gasteiger charge is -2.26. The minimum absolute atomic E-state index is 0.419. The number of nitrogens with two attached hydrogens (primary N) is 1. The number of rotatable bonds is 4. The Morgan fingerprint density at radius 3 is 2.75 bits per heavy atom. The maximum absolute atomic E-state index is 10.9. The van der Waals surface area contributed by atoms with Crippen LogP contribution < -0.4 is 5.73 Å². The molecule has 16 heavy (non-hydrogen) atoms. The fourth-order valence-corrected chi connectivity index (χ4v) is 2.62. The van der Waals surface area contributed by atoms with E-state index in [9.17, 15) is 4.79 Å². The first-order valence-corrected chi connectivity index (χ1v) is 5.88. The molecule has 1 heterocycles. The summed E-state index contributed by atoms with van der Waals surface area (Å²) in [6.45, 7) is 1.45. The summed E-state index contributed by atoms with van der Waals surface area (Å²) in [5.41, 5.74) is 6.30. The van der Waals surface area contributed by atoms with Crippen molar-refractivity contribution in [1.29, 1.82) is 0 Å². The molecule has 0 saturated carbocycles. The Morgan fingerprint density at radius 2 is 2.19 bits per heavy atom. The molecule has 1 aliphatic heterocycles. The van der Waals surface area contributed by atoms with Crippen molar-refractivity contribution in [2.75, 3.05) is 13.2 Å². The predicted octanol–water partition coefficient (Wildman–Crippen LogP) is 1.26. The van der Waals surface area contributed by atoms with Crippen molar-refractivity contribution < 1.29 is 14.6 Å². The quantitative estimate of drug-likeness (QED) is 0.827. The Morgan fingerprint density at radius 1 is 1.50 bits per heavy atom. The third kappa shape index (κ3) is 2.37. The van der Waals surface area contributed by atoms with Crippen LogP contribution in [-0.4, -0.2) is 29.5 Å². The fraction of sp³-hybridized carbons (Fsp3) is 0.364. The van der Waals surface area contributed by atoms with E-state index in [0.717, 1.165) is 18.1 Å². The van der Waals surface area contributed by atoms with Gasteiger partial charge in [-0.05, 0) is 11.6 Å². The summed E-state index contributed by atoms with van der Waals surface area (Å²) in [5, 5.41) is 9.32. The molecule has 0 radical (unpaired) electrons. The number of benzene rings is 1. The van der Waals surface area contributed by atoms with Crippen molar-refractivity contribution in [2.24, 2.45) is 5.73 Å². The van der Waals surface area contributed by atoms with Gasteiger partial charge in [-0.25, -0.2) is 0 Å². The van der Waals surface area contributed by atoms with E-state index in [1.54, 1.807) is 23.9 Å². The van der Waals surface area contributed by atoms with Crippen molar-refractivity contribution in [1.82, 2.24) is 0 Å². The molecule has 1 unspecified atom stereocenters. The Hall–Kier alpha value is -1.04. The van der Waals surface area contributed by atoms with Crippen LogP contribution in [0.25, 0.3) is 0 Å². The molecule has 0 bridgehead atoms. The van der Waals surface area contributed by atoms with Crippen molar-refractivity contribution in [3.05, 3.63) is 29.8 Å². The van der Waals surface area contributed by atoms with Crippen LogP contribution >= 0.6 is 11.8 Å². The van der Waals surface area contributed by atoms with Crippen molar-refractivity contribution in [2.45, 2.75) is 16.2 Å². The summed E-state index contributed by atoms with van der Waals surface area (Å²) in [6.07, 6.45) is 0. The minimum Gasteiger partial charge on any atom is -0.480 e. The number of hydrogen-bond acceptors (Lipinski definition) is 4. The maximum atomic E-state index is 10.9. The standard InChI is InChI=1S/C11H13NO3S/c12-10(11(13)14)8-3-1-2-4-9(8)16-7-5-15-6-7/h1-4,7,10H,5-6,12H2,(H,13,14). The van der Waals surface area contributed by atoms with Gasteiger partial charge in [-0.15, -0.1) is 11.8 Å². The first kappa shape index (κ1) is 11.4. The van der Waals surface area contributed by atoms with Crippen LogP contribution in [0.1, 0.15) is 11.6 Å². The molecule has 0 spiro atoms. The second kappa shape index (κ2) is 4.86. The smallest absolute Gasteiger partial charge is 0.325 e. The van der Waals surface area contributed by atoms with Crippen molar-refractivity contribution >= 4 is 17.7 Å². The van der Waals surface area contributed by atoms with Crippen LogP contribution in [0.2, 0.25) is 0 Å². The molecule has 1 saturated heterocycles. The Kier molecular flexibility index (Phi) is 3.48. The van der Waals surface area contributed by atoms with E-state index in [1.807, 2.05) is 12.1 Å². The van der Waals surface area contributed by atoms with E-state index >= 15 is 0 Å². The highest BCUT2D eigenvalue weighted by molar-refractivity contribution is 8.00. The third-order valence-corrected chi connectivity index (χ3v) is 3.65. The molecule has 1 aromatic rings. The zero-order valence-corrected chi connectivity index (χ0v) is 9.44. The minimum atomic E-state index is -1.00. The van der Waals surface area contributed by atoms with Gasteiger partial charge in [0.05, 0.1) is 18.5 Å². The molecule has 1 fully saturated rings. The number of aliphatic carboxylic acids is 1. The number of hydrogen-bond donors (Lipinski definition) is 2. The molecule has 1 atom stereocenters. The molecule has 2 rings (SSSR count). The van der Waals surface area contributed by atoms with Crippen LogP contribution in [0.4, 0.5) is 0 Å². The molecule has 0 aromatic heterocycles. The zero-order valence-electron chi connectivity index (χ0n) is 8.63. The second-order valence-electron chi connectivity index (χ2n) is 3.63. The monoisotopic (exact) mass is 239 g/mol. The predicted molar refractivity (Wildman–Crippen MR) is 61.5 cm³/mol. The summed E-state index contributed by atoms with van der Waals surface area (Å²) < 4.78 is 5.09. The highest BCUT2D eigenvalue weighted by atomic mass is 32.2. The lowest BCUT2D eigenvalue weighted by atomic mass is 10.1. The molecule has 1 aromatic carbocycles. The molecule has 0 amide bonds. The first-order chi connectivity index (χ1) is 7.68. The van der Waals surface area contributed by atoms with Gasteiger partial charge in [0.15, 0.2) is 0 Å². The van der Waals surface area contributed by atoms with Gasteiger partial charge in [-0.3, -0.25) is 4.79 Å². The Labute approximate surface area is 97.8 Å². The normalized spacial score (nSPS) is 17.8. The van der Waals surface area contributed by atoms with E-state index in [1.165, 1.54) is 0 Å². The largest absolute Gasteiger partial charge is 0.480 e. The maximum Gasteiger partial charge on any atom is 0.325 e. The third-order valence-electron chi connectivity index (χ3n) is 2.42. The van der Waals surface area contributed by atoms with E-state index in [2.05, 4.69) is 0 Å².